The standard InChI is InChI=1S/C4H11NO3.CH2O/c5-4(1-6,2-7)3-8;1-2/h6-8H,1-3,5H2;1H2. The Hall–Kier alpha value is -0.490. The van der Waals surface area contributed by atoms with Gasteiger partial charge in [-0.2, -0.15) is 0 Å². The quantitative estimate of drug-likeness (QED) is 0.356. The molecule has 0 rings (SSSR count). The van der Waals surface area contributed by atoms with Crippen molar-refractivity contribution in [1.82, 2.24) is 0 Å². The van der Waals surface area contributed by atoms with Gasteiger partial charge in [0.15, 0.2) is 0 Å². The second kappa shape index (κ2) is 6.63. The number of carbonyl (C=O) groups is 1. The predicted molar refractivity (Wildman–Crippen MR) is 35.3 cm³/mol. The van der Waals surface area contributed by atoms with Crippen LogP contribution >= 0.6 is 0 Å². The lowest BCUT2D eigenvalue weighted by atomic mass is 10.1. The first-order valence-corrected chi connectivity index (χ1v) is 2.59. The molecule has 0 aliphatic rings. The molecule has 0 bridgehead atoms. The van der Waals surface area contributed by atoms with Crippen molar-refractivity contribution < 1.29 is 20.1 Å². The van der Waals surface area contributed by atoms with Crippen molar-refractivity contribution >= 4 is 6.79 Å². The minimum Gasteiger partial charge on any atom is -0.394 e. The van der Waals surface area contributed by atoms with Gasteiger partial charge in [-0.25, -0.2) is 0 Å². The molecule has 0 radical (unpaired) electrons. The summed E-state index contributed by atoms with van der Waals surface area (Å²) in [6, 6.07) is 0. The molecule has 0 aliphatic carbocycles. The van der Waals surface area contributed by atoms with Crippen molar-refractivity contribution in [3.63, 3.8) is 0 Å². The maximum atomic E-state index is 8.34. The highest BCUT2D eigenvalue weighted by atomic mass is 16.3. The number of hydrogen-bond acceptors (Lipinski definition) is 5. The second-order valence-corrected chi connectivity index (χ2v) is 1.84. The third-order valence-corrected chi connectivity index (χ3v) is 0.945. The molecular weight excluding hydrogens is 138 g/mol. The van der Waals surface area contributed by atoms with E-state index in [9.17, 15) is 0 Å². The van der Waals surface area contributed by atoms with Gasteiger partial charge in [0.1, 0.15) is 6.79 Å². The molecule has 0 saturated heterocycles. The van der Waals surface area contributed by atoms with Crippen molar-refractivity contribution in [3.05, 3.63) is 0 Å². The molecule has 0 aromatic carbocycles. The highest BCUT2D eigenvalue weighted by Gasteiger charge is 2.20. The van der Waals surface area contributed by atoms with E-state index in [1.54, 1.807) is 0 Å². The van der Waals surface area contributed by atoms with Crippen LogP contribution in [0.15, 0.2) is 0 Å². The van der Waals surface area contributed by atoms with Crippen molar-refractivity contribution in [1.29, 1.82) is 0 Å². The van der Waals surface area contributed by atoms with Crippen LogP contribution in [0.4, 0.5) is 0 Å². The van der Waals surface area contributed by atoms with E-state index in [4.69, 9.17) is 25.8 Å². The first kappa shape index (κ1) is 12.2. The highest BCUT2D eigenvalue weighted by molar-refractivity contribution is 5.10. The molecule has 0 heterocycles. The Labute approximate surface area is 59.1 Å². The molecule has 0 amide bonds. The first-order valence-electron chi connectivity index (χ1n) is 2.59. The topological polar surface area (TPSA) is 104 Å². The summed E-state index contributed by atoms with van der Waals surface area (Å²) in [4.78, 5) is 8.00. The van der Waals surface area contributed by atoms with E-state index in [2.05, 4.69) is 0 Å². The molecule has 5 nitrogen and oxygen atoms in total. The van der Waals surface area contributed by atoms with Crippen LogP contribution in [-0.4, -0.2) is 47.5 Å². The Kier molecular flexibility index (Phi) is 8.09. The molecule has 0 aliphatic heterocycles. The van der Waals surface area contributed by atoms with Crippen molar-refractivity contribution in [2.45, 2.75) is 5.54 Å². The van der Waals surface area contributed by atoms with Crippen LogP contribution in [0.3, 0.4) is 0 Å². The van der Waals surface area contributed by atoms with E-state index >= 15 is 0 Å². The Bertz CT molecular complexity index is 65.8. The van der Waals surface area contributed by atoms with Crippen molar-refractivity contribution in [2.75, 3.05) is 19.8 Å². The van der Waals surface area contributed by atoms with E-state index < -0.39 is 25.4 Å². The molecule has 0 saturated carbocycles. The lowest BCUT2D eigenvalue weighted by Crippen LogP contribution is -2.50. The molecule has 0 spiro atoms. The van der Waals surface area contributed by atoms with E-state index in [1.807, 2.05) is 6.79 Å². The molecule has 10 heavy (non-hydrogen) atoms. The molecule has 62 valence electrons. The number of aliphatic hydroxyl groups excluding tert-OH is 3. The minimum atomic E-state index is -1.21. The average Bonchev–Trinajstić information content (AvgIpc) is 2.07. The van der Waals surface area contributed by atoms with E-state index in [0.29, 0.717) is 0 Å². The molecule has 5 N–H and O–H groups in total. The van der Waals surface area contributed by atoms with Crippen molar-refractivity contribution in [2.24, 2.45) is 5.73 Å². The fraction of sp³-hybridized carbons (Fsp3) is 0.800. The van der Waals surface area contributed by atoms with Crippen molar-refractivity contribution in [3.8, 4) is 0 Å². The van der Waals surface area contributed by atoms with Crippen LogP contribution in [0.2, 0.25) is 0 Å². The molecule has 0 fully saturated rings. The van der Waals surface area contributed by atoms with Crippen LogP contribution < -0.4 is 5.73 Å². The lowest BCUT2D eigenvalue weighted by Gasteiger charge is -2.20. The maximum Gasteiger partial charge on any atom is 0.106 e. The molecule has 0 aromatic rings. The summed E-state index contributed by atoms with van der Waals surface area (Å²) in [6.07, 6.45) is 0. The highest BCUT2D eigenvalue weighted by Crippen LogP contribution is 1.93. The fourth-order valence-electron chi connectivity index (χ4n) is 0.150. The monoisotopic (exact) mass is 151 g/mol. The van der Waals surface area contributed by atoms with Gasteiger partial charge in [-0.15, -0.1) is 0 Å². The predicted octanol–water partition coefficient (Wildman–Crippen LogP) is -2.52. The second-order valence-electron chi connectivity index (χ2n) is 1.84. The van der Waals surface area contributed by atoms with Gasteiger partial charge in [-0.05, 0) is 0 Å². The smallest absolute Gasteiger partial charge is 0.106 e. The molecule has 0 aromatic heterocycles. The Morgan fingerprint density at radius 1 is 1.10 bits per heavy atom. The van der Waals surface area contributed by atoms with E-state index in [0.717, 1.165) is 0 Å². The Balaban J connectivity index is 0. The average molecular weight is 151 g/mol. The molecule has 5 heteroatoms. The fourth-order valence-corrected chi connectivity index (χ4v) is 0.150. The Morgan fingerprint density at radius 3 is 1.30 bits per heavy atom. The van der Waals surface area contributed by atoms with Gasteiger partial charge < -0.3 is 25.8 Å². The van der Waals surface area contributed by atoms with E-state index in [-0.39, 0.29) is 0 Å². The third-order valence-electron chi connectivity index (χ3n) is 0.945. The van der Waals surface area contributed by atoms with Gasteiger partial charge in [0, 0.05) is 0 Å². The van der Waals surface area contributed by atoms with Gasteiger partial charge in [0.25, 0.3) is 0 Å². The van der Waals surface area contributed by atoms with Gasteiger partial charge in [0.2, 0.25) is 0 Å². The van der Waals surface area contributed by atoms with E-state index in [1.165, 1.54) is 0 Å². The number of nitrogens with two attached hydrogens (primary N) is 1. The van der Waals surface area contributed by atoms with Crippen LogP contribution in [0.25, 0.3) is 0 Å². The molecule has 0 atom stereocenters. The number of aliphatic hydroxyl groups is 3. The zero-order valence-electron chi connectivity index (χ0n) is 5.66. The SMILES string of the molecule is C=O.NC(CO)(CO)CO. The van der Waals surface area contributed by atoms with Gasteiger partial charge in [-0.1, -0.05) is 0 Å². The van der Waals surface area contributed by atoms with Gasteiger partial charge in [-0.3, -0.25) is 0 Å². The maximum absolute atomic E-state index is 8.34. The minimum absolute atomic E-state index is 0.403. The lowest BCUT2D eigenvalue weighted by molar-refractivity contribution is -0.0979. The first-order chi connectivity index (χ1) is 4.68. The Morgan fingerprint density at radius 2 is 1.30 bits per heavy atom. The summed E-state index contributed by atoms with van der Waals surface area (Å²) in [5.74, 6) is 0. The largest absolute Gasteiger partial charge is 0.394 e. The van der Waals surface area contributed by atoms with Crippen LogP contribution in [0, 0.1) is 0 Å². The van der Waals surface area contributed by atoms with Crippen LogP contribution in [0.1, 0.15) is 0 Å². The summed E-state index contributed by atoms with van der Waals surface area (Å²) in [6.45, 7) is 0.792. The van der Waals surface area contributed by atoms with Gasteiger partial charge >= 0.3 is 0 Å². The van der Waals surface area contributed by atoms with Gasteiger partial charge in [0.05, 0.1) is 25.4 Å². The zero-order valence-corrected chi connectivity index (χ0v) is 5.66. The van der Waals surface area contributed by atoms with Crippen LogP contribution in [-0.2, 0) is 4.79 Å². The summed E-state index contributed by atoms with van der Waals surface area (Å²) in [7, 11) is 0. The number of rotatable bonds is 3. The summed E-state index contributed by atoms with van der Waals surface area (Å²) in [5.41, 5.74) is 3.94. The summed E-state index contributed by atoms with van der Waals surface area (Å²) >= 11 is 0. The molecule has 0 unspecified atom stereocenters. The van der Waals surface area contributed by atoms with Crippen LogP contribution in [0.5, 0.6) is 0 Å². The molecular formula is C5H13NO4. The summed E-state index contributed by atoms with van der Waals surface area (Å²) in [5, 5.41) is 25.0. The number of hydrogen-bond donors (Lipinski definition) is 4. The number of carbonyl (C=O) groups excluding carboxylic acids is 1. The summed E-state index contributed by atoms with van der Waals surface area (Å²) < 4.78 is 0. The normalized spacial score (nSPS) is 10.0. The third kappa shape index (κ3) is 4.39. The zero-order chi connectivity index (χ0) is 8.62.